The number of carbonyl (C=O) groups excluding carboxylic acids is 2. The average molecular weight is 378 g/mol. The molecular weight excluding hydrogens is 356 g/mol. The van der Waals surface area contributed by atoms with Gasteiger partial charge in [-0.05, 0) is 49.6 Å². The summed E-state index contributed by atoms with van der Waals surface area (Å²) in [7, 11) is 0. The average Bonchev–Trinajstić information content (AvgIpc) is 3.13. The molecule has 2 aromatic carbocycles. The van der Waals surface area contributed by atoms with E-state index in [0.29, 0.717) is 30.6 Å². The van der Waals surface area contributed by atoms with Crippen molar-refractivity contribution in [3.8, 4) is 5.69 Å². The first-order valence-corrected chi connectivity index (χ1v) is 9.09. The molecule has 0 bridgehead atoms. The van der Waals surface area contributed by atoms with E-state index in [2.05, 4.69) is 22.1 Å². The van der Waals surface area contributed by atoms with Crippen LogP contribution in [-0.4, -0.2) is 33.5 Å². The summed E-state index contributed by atoms with van der Waals surface area (Å²) in [6, 6.07) is 13.3. The summed E-state index contributed by atoms with van der Waals surface area (Å²) in [5.41, 5.74) is 3.97. The van der Waals surface area contributed by atoms with Crippen LogP contribution in [0.1, 0.15) is 24.8 Å². The molecule has 144 valence electrons. The molecule has 0 saturated carbocycles. The Balaban J connectivity index is 1.66. The van der Waals surface area contributed by atoms with Crippen LogP contribution in [-0.2, 0) is 14.3 Å². The van der Waals surface area contributed by atoms with E-state index in [1.807, 2.05) is 49.4 Å². The molecule has 1 amide bonds. The van der Waals surface area contributed by atoms with Crippen LogP contribution in [0.5, 0.6) is 0 Å². The number of aromatic nitrogens is 3. The predicted molar refractivity (Wildman–Crippen MR) is 107 cm³/mol. The van der Waals surface area contributed by atoms with E-state index in [0.717, 1.165) is 22.7 Å². The summed E-state index contributed by atoms with van der Waals surface area (Å²) in [5.74, 6) is -0.565. The molecule has 0 saturated heterocycles. The van der Waals surface area contributed by atoms with E-state index in [1.165, 1.54) is 0 Å². The van der Waals surface area contributed by atoms with Crippen molar-refractivity contribution in [3.05, 3.63) is 60.7 Å². The Bertz CT molecular complexity index is 977. The molecule has 3 aromatic rings. The third-order valence-corrected chi connectivity index (χ3v) is 4.14. The molecule has 0 aliphatic heterocycles. The summed E-state index contributed by atoms with van der Waals surface area (Å²) < 4.78 is 4.90. The van der Waals surface area contributed by atoms with Gasteiger partial charge in [0.1, 0.15) is 16.7 Å². The number of amides is 1. The lowest BCUT2D eigenvalue weighted by atomic mass is 10.2. The third-order valence-electron chi connectivity index (χ3n) is 4.14. The van der Waals surface area contributed by atoms with Gasteiger partial charge in [0.05, 0.1) is 12.3 Å². The molecule has 7 heteroatoms. The topological polar surface area (TPSA) is 86.1 Å². The molecule has 0 aliphatic carbocycles. The highest BCUT2D eigenvalue weighted by molar-refractivity contribution is 5.93. The fourth-order valence-corrected chi connectivity index (χ4v) is 2.71. The number of fused-ring (bicyclic) bond motifs is 1. The molecule has 7 nitrogen and oxygen atoms in total. The molecule has 0 atom stereocenters. The predicted octanol–water partition coefficient (Wildman–Crippen LogP) is 3.57. The smallest absolute Gasteiger partial charge is 0.330 e. The number of rotatable bonds is 8. The summed E-state index contributed by atoms with van der Waals surface area (Å²) in [4.78, 5) is 24.8. The minimum absolute atomic E-state index is 0.114. The number of hydrogen-bond acceptors (Lipinski definition) is 5. The maximum absolute atomic E-state index is 12.3. The van der Waals surface area contributed by atoms with Crippen molar-refractivity contribution in [2.75, 3.05) is 11.9 Å². The summed E-state index contributed by atoms with van der Waals surface area (Å²) >= 11 is 0. The lowest BCUT2D eigenvalue weighted by Gasteiger charge is -2.11. The maximum atomic E-state index is 12.3. The lowest BCUT2D eigenvalue weighted by Crippen LogP contribution is -2.14. The highest BCUT2D eigenvalue weighted by Gasteiger charge is 2.12. The molecule has 3 rings (SSSR count). The number of carbonyl (C=O) groups is 2. The van der Waals surface area contributed by atoms with E-state index >= 15 is 0 Å². The second kappa shape index (κ2) is 8.94. The Labute approximate surface area is 163 Å². The van der Waals surface area contributed by atoms with Crippen LogP contribution in [0.25, 0.3) is 16.7 Å². The van der Waals surface area contributed by atoms with Gasteiger partial charge in [-0.1, -0.05) is 24.8 Å². The van der Waals surface area contributed by atoms with Crippen molar-refractivity contribution >= 4 is 28.6 Å². The Hall–Kier alpha value is -3.48. The Kier molecular flexibility index (Phi) is 6.16. The fraction of sp³-hybridized carbons (Fsp3) is 0.238. The van der Waals surface area contributed by atoms with E-state index in [4.69, 9.17) is 4.74 Å². The first-order valence-electron chi connectivity index (χ1n) is 9.09. The van der Waals surface area contributed by atoms with Gasteiger partial charge in [0.25, 0.3) is 0 Å². The molecule has 0 spiro atoms. The summed E-state index contributed by atoms with van der Waals surface area (Å²) in [5, 5.41) is 11.9. The van der Waals surface area contributed by atoms with Crippen LogP contribution >= 0.6 is 0 Å². The summed E-state index contributed by atoms with van der Waals surface area (Å²) in [6.07, 6.45) is 2.67. The lowest BCUT2D eigenvalue weighted by molar-refractivity contribution is -0.137. The van der Waals surface area contributed by atoms with Gasteiger partial charge in [-0.15, -0.1) is 15.0 Å². The monoisotopic (exact) mass is 378 g/mol. The van der Waals surface area contributed by atoms with E-state index in [-0.39, 0.29) is 12.5 Å². The Morgan fingerprint density at radius 1 is 1.14 bits per heavy atom. The minimum Gasteiger partial charge on any atom is -0.463 e. The maximum Gasteiger partial charge on any atom is 0.330 e. The summed E-state index contributed by atoms with van der Waals surface area (Å²) in [6.45, 7) is 5.59. The van der Waals surface area contributed by atoms with Gasteiger partial charge in [-0.2, -0.15) is 0 Å². The SMILES string of the molecule is C=CC(=O)OCCCCC(=O)Nc1ccc(C)cc1-n1nc2ccccc2n1. The number of nitrogens with zero attached hydrogens (tertiary/aromatic N) is 3. The first-order chi connectivity index (χ1) is 13.6. The number of aryl methyl sites for hydroxylation is 1. The van der Waals surface area contributed by atoms with Crippen LogP contribution in [0, 0.1) is 6.92 Å². The van der Waals surface area contributed by atoms with Gasteiger partial charge in [0, 0.05) is 12.5 Å². The number of ether oxygens (including phenoxy) is 1. The van der Waals surface area contributed by atoms with Crippen LogP contribution < -0.4 is 5.32 Å². The third kappa shape index (κ3) is 4.82. The van der Waals surface area contributed by atoms with Crippen LogP contribution in [0.15, 0.2) is 55.1 Å². The zero-order valence-electron chi connectivity index (χ0n) is 15.7. The Morgan fingerprint density at radius 3 is 2.54 bits per heavy atom. The zero-order valence-corrected chi connectivity index (χ0v) is 15.7. The molecule has 0 radical (unpaired) electrons. The van der Waals surface area contributed by atoms with Gasteiger partial charge in [-0.3, -0.25) is 4.79 Å². The number of nitrogens with one attached hydrogen (secondary N) is 1. The quantitative estimate of drug-likeness (QED) is 0.368. The van der Waals surface area contributed by atoms with Crippen LogP contribution in [0.3, 0.4) is 0 Å². The number of unbranched alkanes of at least 4 members (excludes halogenated alkanes) is 1. The standard InChI is InChI=1S/C21H22N4O3/c1-3-21(27)28-13-7-6-10-20(26)22-18-12-11-15(2)14-19(18)25-23-16-8-4-5-9-17(16)24-25/h3-5,8-9,11-12,14H,1,6-7,10,13H2,2H3,(H,22,26). The fourth-order valence-electron chi connectivity index (χ4n) is 2.71. The molecule has 1 aromatic heterocycles. The largest absolute Gasteiger partial charge is 0.463 e. The van der Waals surface area contributed by atoms with Gasteiger partial charge < -0.3 is 10.1 Å². The number of hydrogen-bond donors (Lipinski definition) is 1. The molecule has 0 fully saturated rings. The van der Waals surface area contributed by atoms with Crippen molar-refractivity contribution in [3.63, 3.8) is 0 Å². The highest BCUT2D eigenvalue weighted by atomic mass is 16.5. The van der Waals surface area contributed by atoms with E-state index < -0.39 is 5.97 Å². The van der Waals surface area contributed by atoms with Crippen molar-refractivity contribution in [1.82, 2.24) is 15.0 Å². The molecular formula is C21H22N4O3. The molecule has 0 aliphatic rings. The van der Waals surface area contributed by atoms with Gasteiger partial charge in [0.15, 0.2) is 0 Å². The molecule has 28 heavy (non-hydrogen) atoms. The van der Waals surface area contributed by atoms with Gasteiger partial charge in [-0.25, -0.2) is 4.79 Å². The zero-order chi connectivity index (χ0) is 19.9. The number of anilines is 1. The van der Waals surface area contributed by atoms with Crippen molar-refractivity contribution < 1.29 is 14.3 Å². The second-order valence-corrected chi connectivity index (χ2v) is 6.38. The Morgan fingerprint density at radius 2 is 1.86 bits per heavy atom. The normalized spacial score (nSPS) is 10.6. The molecule has 0 unspecified atom stereocenters. The van der Waals surface area contributed by atoms with E-state index in [1.54, 1.807) is 4.80 Å². The molecule has 1 N–H and O–H groups in total. The van der Waals surface area contributed by atoms with E-state index in [9.17, 15) is 9.59 Å². The van der Waals surface area contributed by atoms with Crippen LogP contribution in [0.4, 0.5) is 5.69 Å². The van der Waals surface area contributed by atoms with Gasteiger partial charge >= 0.3 is 5.97 Å². The van der Waals surface area contributed by atoms with Crippen molar-refractivity contribution in [1.29, 1.82) is 0 Å². The first kappa shape index (κ1) is 19.3. The number of esters is 1. The minimum atomic E-state index is -0.451. The highest BCUT2D eigenvalue weighted by Crippen LogP contribution is 2.22. The second-order valence-electron chi connectivity index (χ2n) is 6.38. The van der Waals surface area contributed by atoms with Gasteiger partial charge in [0.2, 0.25) is 5.91 Å². The van der Waals surface area contributed by atoms with Crippen molar-refractivity contribution in [2.45, 2.75) is 26.2 Å². The van der Waals surface area contributed by atoms with Crippen LogP contribution in [0.2, 0.25) is 0 Å². The molecule has 1 heterocycles. The van der Waals surface area contributed by atoms with Crippen molar-refractivity contribution in [2.24, 2.45) is 0 Å². The number of benzene rings is 2.